The lowest BCUT2D eigenvalue weighted by molar-refractivity contribution is 0.375. The molecule has 0 bridgehead atoms. The number of nitrogens with one attached hydrogen (secondary N) is 1. The number of aromatic nitrogens is 4. The fourth-order valence-electron chi connectivity index (χ4n) is 2.35. The first-order valence-electron chi connectivity index (χ1n) is 7.90. The fraction of sp³-hybridized carbons (Fsp3) is 0.500. The van der Waals surface area contributed by atoms with Gasteiger partial charge in [-0.15, -0.1) is 23.1 Å². The molecule has 8 heteroatoms. The number of thioether (sulfide) groups is 1. The zero-order valence-electron chi connectivity index (χ0n) is 14.3. The van der Waals surface area contributed by atoms with E-state index in [1.54, 1.807) is 29.4 Å². The van der Waals surface area contributed by atoms with Crippen molar-refractivity contribution in [3.05, 3.63) is 28.5 Å². The summed E-state index contributed by atoms with van der Waals surface area (Å²) in [5, 5.41) is 9.42. The maximum atomic E-state index is 5.33. The Bertz CT molecular complexity index is 829. The predicted molar refractivity (Wildman–Crippen MR) is 97.8 cm³/mol. The number of nitrogens with zero attached hydrogens (tertiary/aromatic N) is 4. The van der Waals surface area contributed by atoms with Crippen molar-refractivity contribution in [3.8, 4) is 0 Å². The van der Waals surface area contributed by atoms with Crippen LogP contribution in [0.1, 0.15) is 29.1 Å². The van der Waals surface area contributed by atoms with Crippen molar-refractivity contribution in [2.45, 2.75) is 44.7 Å². The summed E-state index contributed by atoms with van der Waals surface area (Å²) in [6.07, 6.45) is 3.15. The third-order valence-electron chi connectivity index (χ3n) is 3.98. The first-order chi connectivity index (χ1) is 11.6. The number of aryl methyl sites for hydroxylation is 3. The zero-order chi connectivity index (χ0) is 17.1. The Kier molecular flexibility index (Phi) is 5.47. The second kappa shape index (κ2) is 7.58. The molecule has 3 aromatic rings. The van der Waals surface area contributed by atoms with Crippen LogP contribution in [0, 0.1) is 13.8 Å². The molecule has 6 nitrogen and oxygen atoms in total. The molecule has 0 aromatic carbocycles. The summed E-state index contributed by atoms with van der Waals surface area (Å²) in [5.41, 5.74) is 1.28. The number of rotatable bonds is 7. The van der Waals surface area contributed by atoms with E-state index in [0.29, 0.717) is 11.9 Å². The first kappa shape index (κ1) is 17.3. The molecule has 0 amide bonds. The summed E-state index contributed by atoms with van der Waals surface area (Å²) in [5.74, 6) is 2.29. The van der Waals surface area contributed by atoms with Gasteiger partial charge in [-0.1, -0.05) is 5.16 Å². The van der Waals surface area contributed by atoms with Crippen LogP contribution in [0.15, 0.2) is 15.9 Å². The van der Waals surface area contributed by atoms with E-state index in [-0.39, 0.29) is 0 Å². The molecule has 0 saturated heterocycles. The zero-order valence-corrected chi connectivity index (χ0v) is 15.9. The summed E-state index contributed by atoms with van der Waals surface area (Å²) in [7, 11) is 1.93. The van der Waals surface area contributed by atoms with Gasteiger partial charge in [-0.3, -0.25) is 0 Å². The van der Waals surface area contributed by atoms with E-state index in [0.717, 1.165) is 34.3 Å². The third kappa shape index (κ3) is 3.76. The van der Waals surface area contributed by atoms with Gasteiger partial charge in [-0.05, 0) is 33.4 Å². The third-order valence-corrected chi connectivity index (χ3v) is 6.08. The Labute approximate surface area is 149 Å². The van der Waals surface area contributed by atoms with Gasteiger partial charge in [0.25, 0.3) is 0 Å². The first-order valence-corrected chi connectivity index (χ1v) is 9.71. The van der Waals surface area contributed by atoms with E-state index in [2.05, 4.69) is 46.2 Å². The summed E-state index contributed by atoms with van der Waals surface area (Å²) < 4.78 is 5.33. The van der Waals surface area contributed by atoms with Crippen LogP contribution in [0.4, 0.5) is 0 Å². The molecule has 0 aliphatic heterocycles. The van der Waals surface area contributed by atoms with Gasteiger partial charge < -0.3 is 9.84 Å². The lowest BCUT2D eigenvalue weighted by atomic mass is 10.2. The van der Waals surface area contributed by atoms with E-state index in [9.17, 15) is 0 Å². The van der Waals surface area contributed by atoms with Gasteiger partial charge >= 0.3 is 0 Å². The monoisotopic (exact) mass is 363 g/mol. The van der Waals surface area contributed by atoms with Crippen molar-refractivity contribution < 1.29 is 4.52 Å². The molecule has 0 fully saturated rings. The van der Waals surface area contributed by atoms with E-state index in [1.165, 1.54) is 15.8 Å². The molecule has 3 heterocycles. The van der Waals surface area contributed by atoms with Gasteiger partial charge in [-0.25, -0.2) is 9.97 Å². The van der Waals surface area contributed by atoms with Crippen molar-refractivity contribution >= 4 is 33.3 Å². The predicted octanol–water partition coefficient (Wildman–Crippen LogP) is 3.18. The van der Waals surface area contributed by atoms with Gasteiger partial charge in [0.2, 0.25) is 5.89 Å². The molecule has 3 rings (SSSR count). The van der Waals surface area contributed by atoms with Crippen LogP contribution in [0.3, 0.4) is 0 Å². The van der Waals surface area contributed by atoms with Gasteiger partial charge in [0.15, 0.2) is 5.82 Å². The summed E-state index contributed by atoms with van der Waals surface area (Å²) in [6.45, 7) is 6.36. The molecule has 1 N–H and O–H groups in total. The highest BCUT2D eigenvalue weighted by Gasteiger charge is 2.13. The topological polar surface area (TPSA) is 76.7 Å². The van der Waals surface area contributed by atoms with Crippen molar-refractivity contribution in [1.82, 2.24) is 25.4 Å². The van der Waals surface area contributed by atoms with Gasteiger partial charge in [0.05, 0.1) is 0 Å². The number of thiophene rings is 1. The van der Waals surface area contributed by atoms with Crippen LogP contribution in [0.5, 0.6) is 0 Å². The summed E-state index contributed by atoms with van der Waals surface area (Å²) in [6, 6.07) is 0.337. The van der Waals surface area contributed by atoms with Crippen molar-refractivity contribution in [2.24, 2.45) is 0 Å². The number of hydrogen-bond donors (Lipinski definition) is 1. The highest BCUT2D eigenvalue weighted by atomic mass is 32.2. The lowest BCUT2D eigenvalue weighted by Crippen LogP contribution is -2.24. The normalized spacial score (nSPS) is 12.8. The van der Waals surface area contributed by atoms with Crippen molar-refractivity contribution in [1.29, 1.82) is 0 Å². The van der Waals surface area contributed by atoms with Crippen LogP contribution < -0.4 is 5.32 Å². The Morgan fingerprint density at radius 3 is 2.96 bits per heavy atom. The van der Waals surface area contributed by atoms with E-state index >= 15 is 0 Å². The van der Waals surface area contributed by atoms with Crippen molar-refractivity contribution in [3.63, 3.8) is 0 Å². The number of likely N-dealkylation sites (N-methyl/N-ethyl adjacent to an activating group) is 1. The summed E-state index contributed by atoms with van der Waals surface area (Å²) >= 11 is 3.44. The van der Waals surface area contributed by atoms with E-state index < -0.39 is 0 Å². The maximum absolute atomic E-state index is 5.33. The minimum Gasteiger partial charge on any atom is -0.339 e. The Morgan fingerprint density at radius 1 is 1.33 bits per heavy atom. The average molecular weight is 364 g/mol. The quantitative estimate of drug-likeness (QED) is 0.510. The Balaban J connectivity index is 1.63. The molecule has 1 unspecified atom stereocenters. The van der Waals surface area contributed by atoms with Gasteiger partial charge in [0.1, 0.15) is 16.2 Å². The van der Waals surface area contributed by atoms with Crippen LogP contribution >= 0.6 is 23.1 Å². The SMILES string of the molecule is CNC(C)Cc1noc(CCSc2ncnc3sc(C)c(C)c23)n1. The molecule has 24 heavy (non-hydrogen) atoms. The van der Waals surface area contributed by atoms with Crippen LogP contribution in [-0.2, 0) is 12.8 Å². The standard InChI is InChI=1S/C16H21N5OS2/c1-9(17-4)7-12-20-13(22-21-12)5-6-23-15-14-10(2)11(3)24-16(14)19-8-18-15/h8-9,17H,5-7H2,1-4H3. The molecule has 0 aliphatic carbocycles. The highest BCUT2D eigenvalue weighted by molar-refractivity contribution is 7.99. The molecule has 128 valence electrons. The Morgan fingerprint density at radius 2 is 2.17 bits per heavy atom. The van der Waals surface area contributed by atoms with Gasteiger partial charge in [-0.2, -0.15) is 4.98 Å². The van der Waals surface area contributed by atoms with E-state index in [4.69, 9.17) is 4.52 Å². The molecule has 0 radical (unpaired) electrons. The lowest BCUT2D eigenvalue weighted by Gasteiger charge is -2.04. The molecule has 0 saturated carbocycles. The van der Waals surface area contributed by atoms with Gasteiger partial charge in [0, 0.05) is 34.9 Å². The second-order valence-electron chi connectivity index (χ2n) is 5.74. The molecular formula is C16H21N5OS2. The number of fused-ring (bicyclic) bond motifs is 1. The summed E-state index contributed by atoms with van der Waals surface area (Å²) in [4.78, 5) is 15.6. The van der Waals surface area contributed by atoms with Crippen LogP contribution in [-0.4, -0.2) is 39.0 Å². The van der Waals surface area contributed by atoms with Crippen LogP contribution in [0.2, 0.25) is 0 Å². The average Bonchev–Trinajstić information content (AvgIpc) is 3.13. The van der Waals surface area contributed by atoms with Crippen LogP contribution in [0.25, 0.3) is 10.2 Å². The molecule has 3 aromatic heterocycles. The van der Waals surface area contributed by atoms with Crippen molar-refractivity contribution in [2.75, 3.05) is 12.8 Å². The molecule has 0 spiro atoms. The minimum absolute atomic E-state index is 0.337. The molecule has 0 aliphatic rings. The largest absolute Gasteiger partial charge is 0.339 e. The second-order valence-corrected chi connectivity index (χ2v) is 8.03. The molecular weight excluding hydrogens is 342 g/mol. The smallest absolute Gasteiger partial charge is 0.227 e. The highest BCUT2D eigenvalue weighted by Crippen LogP contribution is 2.34. The minimum atomic E-state index is 0.337. The number of hydrogen-bond acceptors (Lipinski definition) is 8. The molecule has 1 atom stereocenters. The Hall–Kier alpha value is -1.51. The maximum Gasteiger partial charge on any atom is 0.227 e. The van der Waals surface area contributed by atoms with E-state index in [1.807, 2.05) is 7.05 Å². The fourth-order valence-corrected chi connectivity index (χ4v) is 4.39.